The molecule has 0 aliphatic heterocycles. The summed E-state index contributed by atoms with van der Waals surface area (Å²) in [5.74, 6) is -0.205. The lowest BCUT2D eigenvalue weighted by molar-refractivity contribution is -0.130. The molecule has 0 unspecified atom stereocenters. The van der Waals surface area contributed by atoms with Gasteiger partial charge in [-0.05, 0) is 17.0 Å². The lowest BCUT2D eigenvalue weighted by Crippen LogP contribution is -2.21. The predicted octanol–water partition coefficient (Wildman–Crippen LogP) is 1.12. The summed E-state index contributed by atoms with van der Waals surface area (Å²) in [4.78, 5) is 22.8. The van der Waals surface area contributed by atoms with E-state index in [1.807, 2.05) is 6.07 Å². The molecule has 0 spiro atoms. The van der Waals surface area contributed by atoms with E-state index in [2.05, 4.69) is 0 Å². The van der Waals surface area contributed by atoms with E-state index in [1.165, 1.54) is 0 Å². The lowest BCUT2D eigenvalue weighted by atomic mass is 9.82. The van der Waals surface area contributed by atoms with Gasteiger partial charge in [0.05, 0.1) is 11.8 Å². The number of carbonyl (C=O) groups excluding carboxylic acids is 2. The SMILES string of the molecule is O=C1CC(=O)CC(c2cccc(C=S(=O)=O)c2)C1. The zero-order valence-corrected chi connectivity index (χ0v) is 10.4. The van der Waals surface area contributed by atoms with Crippen molar-refractivity contribution in [3.8, 4) is 0 Å². The number of rotatable bonds is 2. The van der Waals surface area contributed by atoms with E-state index in [9.17, 15) is 18.0 Å². The molecule has 0 atom stereocenters. The zero-order chi connectivity index (χ0) is 13.1. The van der Waals surface area contributed by atoms with Crippen LogP contribution in [-0.2, 0) is 19.9 Å². The second kappa shape index (κ2) is 5.27. The van der Waals surface area contributed by atoms with Crippen LogP contribution in [0.5, 0.6) is 0 Å². The molecule has 0 heterocycles. The van der Waals surface area contributed by atoms with Crippen LogP contribution in [0.15, 0.2) is 24.3 Å². The van der Waals surface area contributed by atoms with Gasteiger partial charge in [-0.1, -0.05) is 24.3 Å². The third-order valence-electron chi connectivity index (χ3n) is 2.96. The Labute approximate surface area is 106 Å². The largest absolute Gasteiger partial charge is 0.299 e. The van der Waals surface area contributed by atoms with Crippen LogP contribution >= 0.6 is 0 Å². The molecule has 0 aromatic heterocycles. The standard InChI is InChI=1S/C13H12O4S/c14-12-5-11(6-13(15)7-12)10-3-1-2-9(4-10)8-18(16)17/h1-4,8,11H,5-7H2. The molecule has 2 rings (SSSR count). The van der Waals surface area contributed by atoms with Crippen molar-refractivity contribution in [2.45, 2.75) is 25.2 Å². The second-order valence-electron chi connectivity index (χ2n) is 4.41. The van der Waals surface area contributed by atoms with Gasteiger partial charge in [0, 0.05) is 12.8 Å². The van der Waals surface area contributed by atoms with Gasteiger partial charge in [0.15, 0.2) is 0 Å². The summed E-state index contributed by atoms with van der Waals surface area (Å²) in [6.07, 6.45) is 0.748. The smallest absolute Gasteiger partial charge is 0.214 e. The quantitative estimate of drug-likeness (QED) is 0.593. The van der Waals surface area contributed by atoms with Gasteiger partial charge in [-0.2, -0.15) is 8.42 Å². The van der Waals surface area contributed by atoms with Crippen LogP contribution in [0.2, 0.25) is 0 Å². The van der Waals surface area contributed by atoms with Crippen molar-refractivity contribution >= 4 is 27.2 Å². The summed E-state index contributed by atoms with van der Waals surface area (Å²) in [5, 5.41) is 1.11. The van der Waals surface area contributed by atoms with Gasteiger partial charge in [-0.3, -0.25) is 9.59 Å². The van der Waals surface area contributed by atoms with Gasteiger partial charge in [0.25, 0.3) is 0 Å². The molecule has 0 radical (unpaired) electrons. The maximum Gasteiger partial charge on any atom is 0.214 e. The molecule has 18 heavy (non-hydrogen) atoms. The first-order chi connectivity index (χ1) is 8.54. The Balaban J connectivity index is 2.30. The highest BCUT2D eigenvalue weighted by Gasteiger charge is 2.26. The molecule has 0 bridgehead atoms. The molecule has 1 aliphatic rings. The highest BCUT2D eigenvalue weighted by Crippen LogP contribution is 2.29. The highest BCUT2D eigenvalue weighted by atomic mass is 32.2. The van der Waals surface area contributed by atoms with Crippen LogP contribution in [0.4, 0.5) is 0 Å². The Morgan fingerprint density at radius 1 is 1.11 bits per heavy atom. The van der Waals surface area contributed by atoms with Gasteiger partial charge >= 0.3 is 0 Å². The van der Waals surface area contributed by atoms with Crippen molar-refractivity contribution in [2.24, 2.45) is 0 Å². The molecule has 0 amide bonds. The molecular formula is C13H12O4S. The molecule has 94 valence electrons. The monoisotopic (exact) mass is 264 g/mol. The van der Waals surface area contributed by atoms with E-state index in [0.29, 0.717) is 18.4 Å². The minimum Gasteiger partial charge on any atom is -0.299 e. The minimum absolute atomic E-state index is 0.0346. The number of hydrogen-bond donors (Lipinski definition) is 0. The fraction of sp³-hybridized carbons (Fsp3) is 0.308. The third kappa shape index (κ3) is 3.13. The van der Waals surface area contributed by atoms with Crippen molar-refractivity contribution in [3.05, 3.63) is 35.4 Å². The van der Waals surface area contributed by atoms with Crippen LogP contribution in [0, 0.1) is 0 Å². The Morgan fingerprint density at radius 3 is 2.39 bits per heavy atom. The first kappa shape index (κ1) is 12.7. The number of benzene rings is 1. The molecule has 0 saturated heterocycles. The Kier molecular flexibility index (Phi) is 3.72. The summed E-state index contributed by atoms with van der Waals surface area (Å²) in [6.45, 7) is 0. The molecule has 5 heteroatoms. The molecule has 1 aromatic carbocycles. The molecular weight excluding hydrogens is 252 g/mol. The minimum atomic E-state index is -2.25. The Hall–Kier alpha value is -1.75. The Bertz CT molecular complexity index is 604. The zero-order valence-electron chi connectivity index (χ0n) is 9.63. The van der Waals surface area contributed by atoms with E-state index in [-0.39, 0.29) is 23.9 Å². The normalized spacial score (nSPS) is 16.7. The third-order valence-corrected chi connectivity index (χ3v) is 3.42. The van der Waals surface area contributed by atoms with E-state index in [1.54, 1.807) is 18.2 Å². The fourth-order valence-electron chi connectivity index (χ4n) is 2.22. The maximum atomic E-state index is 11.4. The maximum absolute atomic E-state index is 11.4. The van der Waals surface area contributed by atoms with E-state index >= 15 is 0 Å². The highest BCUT2D eigenvalue weighted by molar-refractivity contribution is 7.71. The molecule has 1 aromatic rings. The van der Waals surface area contributed by atoms with Crippen LogP contribution < -0.4 is 0 Å². The first-order valence-corrected chi connectivity index (χ1v) is 6.74. The van der Waals surface area contributed by atoms with Crippen molar-refractivity contribution in [3.63, 3.8) is 0 Å². The number of Topliss-reactive ketones (excluding diaryl/α,β-unsaturated/α-hetero) is 2. The van der Waals surface area contributed by atoms with Gasteiger partial charge in [0.1, 0.15) is 11.6 Å². The predicted molar refractivity (Wildman–Crippen MR) is 67.1 cm³/mol. The summed E-state index contributed by atoms with van der Waals surface area (Å²) in [7, 11) is -2.25. The Morgan fingerprint density at radius 2 is 1.78 bits per heavy atom. The van der Waals surface area contributed by atoms with Crippen molar-refractivity contribution < 1.29 is 18.0 Å². The van der Waals surface area contributed by atoms with Crippen molar-refractivity contribution in [1.29, 1.82) is 0 Å². The average molecular weight is 264 g/mol. The van der Waals surface area contributed by atoms with Crippen LogP contribution in [0.3, 0.4) is 0 Å². The summed E-state index contributed by atoms with van der Waals surface area (Å²) in [5.41, 5.74) is 1.40. The van der Waals surface area contributed by atoms with E-state index < -0.39 is 10.3 Å². The molecule has 1 saturated carbocycles. The van der Waals surface area contributed by atoms with Gasteiger partial charge in [-0.15, -0.1) is 0 Å². The van der Waals surface area contributed by atoms with E-state index in [0.717, 1.165) is 10.9 Å². The van der Waals surface area contributed by atoms with Gasteiger partial charge in [-0.25, -0.2) is 0 Å². The van der Waals surface area contributed by atoms with Gasteiger partial charge in [0.2, 0.25) is 10.3 Å². The van der Waals surface area contributed by atoms with Crippen LogP contribution in [0.25, 0.3) is 0 Å². The molecule has 1 aliphatic carbocycles. The molecule has 0 N–H and O–H groups in total. The van der Waals surface area contributed by atoms with E-state index in [4.69, 9.17) is 0 Å². The topological polar surface area (TPSA) is 68.3 Å². The number of carbonyl (C=O) groups is 2. The van der Waals surface area contributed by atoms with Crippen LogP contribution in [0.1, 0.15) is 36.3 Å². The van der Waals surface area contributed by atoms with Crippen molar-refractivity contribution in [1.82, 2.24) is 0 Å². The number of hydrogen-bond acceptors (Lipinski definition) is 4. The molecule has 4 nitrogen and oxygen atoms in total. The van der Waals surface area contributed by atoms with Gasteiger partial charge < -0.3 is 0 Å². The first-order valence-electron chi connectivity index (χ1n) is 5.61. The summed E-state index contributed by atoms with van der Waals surface area (Å²) in [6, 6.07) is 6.94. The molecule has 1 fully saturated rings. The summed E-state index contributed by atoms with van der Waals surface area (Å²) < 4.78 is 21.2. The summed E-state index contributed by atoms with van der Waals surface area (Å²) >= 11 is 0. The lowest BCUT2D eigenvalue weighted by Gasteiger charge is -2.20. The van der Waals surface area contributed by atoms with Crippen LogP contribution in [-0.4, -0.2) is 25.4 Å². The van der Waals surface area contributed by atoms with Crippen molar-refractivity contribution in [2.75, 3.05) is 0 Å². The second-order valence-corrected chi connectivity index (χ2v) is 5.16. The fourth-order valence-corrected chi connectivity index (χ4v) is 2.59. The average Bonchev–Trinajstić information content (AvgIpc) is 2.27. The number of ketones is 2.